The van der Waals surface area contributed by atoms with Crippen molar-refractivity contribution in [3.63, 3.8) is 0 Å². The van der Waals surface area contributed by atoms with Crippen LogP contribution in [0.25, 0.3) is 0 Å². The van der Waals surface area contributed by atoms with Crippen LogP contribution in [0, 0.1) is 13.8 Å². The molecule has 6 heteroatoms. The molecule has 0 spiro atoms. The molecule has 0 fully saturated rings. The van der Waals surface area contributed by atoms with Crippen LogP contribution in [-0.4, -0.2) is 37.2 Å². The number of halogens is 2. The summed E-state index contributed by atoms with van der Waals surface area (Å²) in [6, 6.07) is 11.3. The summed E-state index contributed by atoms with van der Waals surface area (Å²) in [5, 5.41) is 5.13. The highest BCUT2D eigenvalue weighted by atomic mass is 35.5. The van der Waals surface area contributed by atoms with Gasteiger partial charge in [0.25, 0.3) is 5.91 Å². The number of oxime groups is 1. The zero-order valence-electron chi connectivity index (χ0n) is 16.2. The topological polar surface area (TPSA) is 41.9 Å². The molecule has 0 aliphatic heterocycles. The molecule has 2 aromatic carbocycles. The van der Waals surface area contributed by atoms with Gasteiger partial charge in [0.1, 0.15) is 7.11 Å². The van der Waals surface area contributed by atoms with E-state index in [4.69, 9.17) is 28.0 Å². The third-order valence-corrected chi connectivity index (χ3v) is 5.11. The molecular formula is C21H24Cl2N2O2. The van der Waals surface area contributed by atoms with E-state index < -0.39 is 0 Å². The fourth-order valence-electron chi connectivity index (χ4n) is 2.97. The van der Waals surface area contributed by atoms with E-state index in [2.05, 4.69) is 5.16 Å². The van der Waals surface area contributed by atoms with E-state index in [1.54, 1.807) is 18.0 Å². The van der Waals surface area contributed by atoms with Crippen molar-refractivity contribution in [3.05, 3.63) is 68.7 Å². The van der Waals surface area contributed by atoms with Crippen LogP contribution in [0.15, 0.2) is 41.6 Å². The minimum atomic E-state index is -0.0887. The van der Waals surface area contributed by atoms with Crippen molar-refractivity contribution in [2.75, 3.05) is 20.7 Å². The molecule has 0 saturated heterocycles. The molecule has 2 rings (SSSR count). The third kappa shape index (κ3) is 5.47. The van der Waals surface area contributed by atoms with E-state index in [0.717, 1.165) is 22.4 Å². The number of hydrogen-bond donors (Lipinski definition) is 0. The maximum absolute atomic E-state index is 12.8. The van der Waals surface area contributed by atoms with Crippen molar-refractivity contribution in [2.24, 2.45) is 5.16 Å². The largest absolute Gasteiger partial charge is 0.399 e. The molecule has 0 aromatic heterocycles. The van der Waals surface area contributed by atoms with Gasteiger partial charge in [-0.15, -0.1) is 0 Å². The number of carbonyl (C=O) groups excluding carboxylic acids is 1. The monoisotopic (exact) mass is 406 g/mol. The van der Waals surface area contributed by atoms with Gasteiger partial charge in [0.05, 0.1) is 22.3 Å². The first-order valence-corrected chi connectivity index (χ1v) is 9.37. The molecule has 4 nitrogen and oxygen atoms in total. The van der Waals surface area contributed by atoms with E-state index in [1.807, 2.05) is 51.1 Å². The molecule has 2 aromatic rings. The van der Waals surface area contributed by atoms with Crippen molar-refractivity contribution < 1.29 is 9.63 Å². The lowest BCUT2D eigenvalue weighted by Crippen LogP contribution is -2.34. The lowest BCUT2D eigenvalue weighted by molar-refractivity contribution is 0.0812. The molecule has 144 valence electrons. The molecule has 0 aliphatic carbocycles. The zero-order chi connectivity index (χ0) is 20.1. The summed E-state index contributed by atoms with van der Waals surface area (Å²) in [6.07, 6.45) is 0. The number of rotatable bonds is 6. The van der Waals surface area contributed by atoms with Crippen LogP contribution in [0.2, 0.25) is 10.0 Å². The van der Waals surface area contributed by atoms with Crippen LogP contribution >= 0.6 is 23.2 Å². The van der Waals surface area contributed by atoms with Gasteiger partial charge in [0.15, 0.2) is 0 Å². The highest BCUT2D eigenvalue weighted by Crippen LogP contribution is 2.27. The van der Waals surface area contributed by atoms with Gasteiger partial charge < -0.3 is 9.74 Å². The number of carbonyl (C=O) groups is 1. The number of aryl methyl sites for hydroxylation is 2. The van der Waals surface area contributed by atoms with E-state index in [-0.39, 0.29) is 11.8 Å². The smallest absolute Gasteiger partial charge is 0.253 e. The minimum Gasteiger partial charge on any atom is -0.399 e. The van der Waals surface area contributed by atoms with Gasteiger partial charge in [-0.3, -0.25) is 4.79 Å². The molecule has 0 aliphatic rings. The van der Waals surface area contributed by atoms with Gasteiger partial charge in [0.2, 0.25) is 0 Å². The first kappa shape index (κ1) is 21.3. The van der Waals surface area contributed by atoms with Crippen LogP contribution in [0.3, 0.4) is 0 Å². The molecule has 1 amide bonds. The van der Waals surface area contributed by atoms with E-state index in [9.17, 15) is 4.79 Å². The molecule has 0 radical (unpaired) electrons. The highest BCUT2D eigenvalue weighted by Gasteiger charge is 2.20. The van der Waals surface area contributed by atoms with E-state index in [0.29, 0.717) is 22.2 Å². The van der Waals surface area contributed by atoms with E-state index >= 15 is 0 Å². The van der Waals surface area contributed by atoms with Crippen molar-refractivity contribution >= 4 is 34.8 Å². The summed E-state index contributed by atoms with van der Waals surface area (Å²) in [5.74, 6) is -0.152. The fourth-order valence-corrected chi connectivity index (χ4v) is 3.28. The zero-order valence-corrected chi connectivity index (χ0v) is 17.7. The average molecular weight is 407 g/mol. The van der Waals surface area contributed by atoms with Gasteiger partial charge in [0, 0.05) is 18.5 Å². The molecule has 27 heavy (non-hydrogen) atoms. The Morgan fingerprint density at radius 2 is 1.74 bits per heavy atom. The molecule has 0 N–H and O–H groups in total. The lowest BCUT2D eigenvalue weighted by Gasteiger charge is -2.22. The molecule has 0 bridgehead atoms. The number of benzene rings is 2. The second-order valence-corrected chi connectivity index (χ2v) is 7.51. The van der Waals surface area contributed by atoms with Crippen LogP contribution in [-0.2, 0) is 4.84 Å². The van der Waals surface area contributed by atoms with Crippen molar-refractivity contribution in [1.29, 1.82) is 0 Å². The Kier molecular flexibility index (Phi) is 7.28. The first-order chi connectivity index (χ1) is 12.7. The van der Waals surface area contributed by atoms with Crippen molar-refractivity contribution in [3.8, 4) is 0 Å². The Hall–Kier alpha value is -2.04. The summed E-state index contributed by atoms with van der Waals surface area (Å²) in [6.45, 7) is 6.29. The number of amides is 1. The summed E-state index contributed by atoms with van der Waals surface area (Å²) in [5.41, 5.74) is 4.45. The SMILES string of the molecule is CO/N=C(/CN(C)C(=O)c1cc(C)cc(C)c1)C(C)c1ccc(Cl)c(Cl)c1. The third-order valence-electron chi connectivity index (χ3n) is 4.37. The van der Waals surface area contributed by atoms with Gasteiger partial charge in [-0.25, -0.2) is 0 Å². The highest BCUT2D eigenvalue weighted by molar-refractivity contribution is 6.42. The predicted octanol–water partition coefficient (Wildman–Crippen LogP) is 5.49. The first-order valence-electron chi connectivity index (χ1n) is 8.61. The van der Waals surface area contributed by atoms with Gasteiger partial charge >= 0.3 is 0 Å². The van der Waals surface area contributed by atoms with Crippen LogP contribution in [0.1, 0.15) is 39.9 Å². The second-order valence-electron chi connectivity index (χ2n) is 6.70. The Balaban J connectivity index is 2.22. The normalized spacial score (nSPS) is 12.6. The van der Waals surface area contributed by atoms with Gasteiger partial charge in [-0.2, -0.15) is 0 Å². The fraction of sp³-hybridized carbons (Fsp3) is 0.333. The van der Waals surface area contributed by atoms with Crippen molar-refractivity contribution in [1.82, 2.24) is 4.90 Å². The van der Waals surface area contributed by atoms with E-state index in [1.165, 1.54) is 7.11 Å². The lowest BCUT2D eigenvalue weighted by atomic mass is 9.95. The molecule has 0 saturated carbocycles. The summed E-state index contributed by atoms with van der Waals surface area (Å²) in [4.78, 5) is 19.5. The van der Waals surface area contributed by atoms with Crippen LogP contribution in [0.4, 0.5) is 0 Å². The second kappa shape index (κ2) is 9.25. The van der Waals surface area contributed by atoms with Gasteiger partial charge in [-0.1, -0.05) is 58.5 Å². The quantitative estimate of drug-likeness (QED) is 0.470. The molecule has 0 heterocycles. The van der Waals surface area contributed by atoms with Crippen molar-refractivity contribution in [2.45, 2.75) is 26.7 Å². The number of nitrogens with zero attached hydrogens (tertiary/aromatic N) is 2. The minimum absolute atomic E-state index is 0.0630. The Morgan fingerprint density at radius 1 is 1.11 bits per heavy atom. The van der Waals surface area contributed by atoms with Crippen LogP contribution in [0.5, 0.6) is 0 Å². The van der Waals surface area contributed by atoms with Gasteiger partial charge in [-0.05, 0) is 43.7 Å². The molecule has 1 atom stereocenters. The predicted molar refractivity (Wildman–Crippen MR) is 112 cm³/mol. The molecular weight excluding hydrogens is 383 g/mol. The Morgan fingerprint density at radius 3 is 2.30 bits per heavy atom. The number of hydrogen-bond acceptors (Lipinski definition) is 3. The summed E-state index contributed by atoms with van der Waals surface area (Å²) in [7, 11) is 3.25. The maximum atomic E-state index is 12.8. The Labute approximate surface area is 170 Å². The summed E-state index contributed by atoms with van der Waals surface area (Å²) < 4.78 is 0. The maximum Gasteiger partial charge on any atom is 0.253 e. The average Bonchev–Trinajstić information content (AvgIpc) is 2.61. The summed E-state index contributed by atoms with van der Waals surface area (Å²) >= 11 is 12.1. The molecule has 1 unspecified atom stereocenters. The van der Waals surface area contributed by atoms with Crippen LogP contribution < -0.4 is 0 Å². The Bertz CT molecular complexity index is 845. The standard InChI is InChI=1S/C21H24Cl2N2O2/c1-13-8-14(2)10-17(9-13)21(26)25(4)12-20(24-27-5)15(3)16-6-7-18(22)19(23)11-16/h6-11,15H,12H2,1-5H3/b24-20-.